The largest absolute Gasteiger partial charge is 0.351 e. The molecule has 4 aromatic rings. The monoisotopic (exact) mass is 550 g/mol. The molecule has 2 aromatic carbocycles. The number of rotatable bonds is 8. The van der Waals surface area contributed by atoms with Gasteiger partial charge in [0.05, 0.1) is 22.6 Å². The minimum atomic E-state index is -0.0660. The number of thiophene rings is 1. The lowest BCUT2D eigenvalue weighted by molar-refractivity contribution is 0.175. The van der Waals surface area contributed by atoms with E-state index in [9.17, 15) is 4.79 Å². The predicted octanol–water partition coefficient (Wildman–Crippen LogP) is 5.96. The minimum Gasteiger partial charge on any atom is -0.351 e. The molecule has 0 aliphatic carbocycles. The summed E-state index contributed by atoms with van der Waals surface area (Å²) < 4.78 is 2.28. The molecule has 0 saturated carbocycles. The highest BCUT2D eigenvalue weighted by Crippen LogP contribution is 2.37. The van der Waals surface area contributed by atoms with Crippen LogP contribution >= 0.6 is 22.9 Å². The molecule has 0 radical (unpaired) electrons. The third-order valence-corrected chi connectivity index (χ3v) is 8.54. The van der Waals surface area contributed by atoms with E-state index in [0.717, 1.165) is 40.6 Å². The SMILES string of the molecule is CC(C)N(CCN1c2ccc(-n3cnc4cc(-c5ccc(Cl)cc5)sc4c3=O)cc2NC1N(C)C)C(C)C. The van der Waals surface area contributed by atoms with Crippen LogP contribution in [0.2, 0.25) is 5.02 Å². The number of nitrogens with zero attached hydrogens (tertiary/aromatic N) is 5. The maximum absolute atomic E-state index is 13.5. The standard InChI is InChI=1S/C29H35ClN6OS/c1-18(2)34(19(3)4)13-14-35-25-12-11-22(15-23(25)32-29(35)33(5)6)36-17-31-24-16-26(38-27(24)28(36)37)20-7-9-21(30)10-8-20/h7-12,15-19,29,32H,13-14H2,1-6H3. The van der Waals surface area contributed by atoms with Crippen molar-refractivity contribution in [3.8, 4) is 16.1 Å². The first-order chi connectivity index (χ1) is 18.1. The first-order valence-corrected chi connectivity index (χ1v) is 14.2. The molecule has 0 fully saturated rings. The van der Waals surface area contributed by atoms with Crippen molar-refractivity contribution >= 4 is 44.5 Å². The van der Waals surface area contributed by atoms with Crippen LogP contribution in [0.5, 0.6) is 0 Å². The molecule has 0 saturated heterocycles. The second-order valence-corrected chi connectivity index (χ2v) is 12.0. The number of fused-ring (bicyclic) bond motifs is 2. The molecule has 0 amide bonds. The van der Waals surface area contributed by atoms with Gasteiger partial charge in [0.1, 0.15) is 11.0 Å². The molecule has 9 heteroatoms. The van der Waals surface area contributed by atoms with E-state index in [4.69, 9.17) is 11.6 Å². The Morgan fingerprint density at radius 2 is 1.76 bits per heavy atom. The highest BCUT2D eigenvalue weighted by molar-refractivity contribution is 7.22. The molecule has 1 aliphatic rings. The third kappa shape index (κ3) is 5.06. The van der Waals surface area contributed by atoms with Gasteiger partial charge in [-0.1, -0.05) is 23.7 Å². The molecule has 200 valence electrons. The summed E-state index contributed by atoms with van der Waals surface area (Å²) in [4.78, 5) is 26.2. The normalized spacial score (nSPS) is 15.3. The van der Waals surface area contributed by atoms with Crippen LogP contribution in [0.15, 0.2) is 59.7 Å². The van der Waals surface area contributed by atoms with Gasteiger partial charge in [0.25, 0.3) is 5.56 Å². The Kier molecular flexibility index (Phi) is 7.51. The van der Waals surface area contributed by atoms with Crippen molar-refractivity contribution in [2.75, 3.05) is 37.4 Å². The number of hydrogen-bond acceptors (Lipinski definition) is 7. The average molecular weight is 551 g/mol. The van der Waals surface area contributed by atoms with Crippen LogP contribution in [0.4, 0.5) is 11.4 Å². The van der Waals surface area contributed by atoms with Crippen molar-refractivity contribution in [1.82, 2.24) is 19.4 Å². The number of nitrogens with one attached hydrogen (secondary N) is 1. The predicted molar refractivity (Wildman–Crippen MR) is 161 cm³/mol. The van der Waals surface area contributed by atoms with Gasteiger partial charge >= 0.3 is 0 Å². The molecule has 2 aromatic heterocycles. The molecule has 1 atom stereocenters. The lowest BCUT2D eigenvalue weighted by atomic mass is 10.2. The zero-order valence-corrected chi connectivity index (χ0v) is 24.3. The Morgan fingerprint density at radius 3 is 2.42 bits per heavy atom. The van der Waals surface area contributed by atoms with Gasteiger partial charge < -0.3 is 10.2 Å². The lowest BCUT2D eigenvalue weighted by Crippen LogP contribution is -2.50. The Morgan fingerprint density at radius 1 is 1.05 bits per heavy atom. The van der Waals surface area contributed by atoms with Gasteiger partial charge in [0.15, 0.2) is 6.29 Å². The molecule has 1 aliphatic heterocycles. The first-order valence-electron chi connectivity index (χ1n) is 13.0. The Bertz CT molecular complexity index is 1490. The summed E-state index contributed by atoms with van der Waals surface area (Å²) in [5.74, 6) is 0. The lowest BCUT2D eigenvalue weighted by Gasteiger charge is -2.36. The summed E-state index contributed by atoms with van der Waals surface area (Å²) in [5, 5.41) is 4.34. The van der Waals surface area contributed by atoms with E-state index in [0.29, 0.717) is 27.3 Å². The number of halogens is 1. The minimum absolute atomic E-state index is 0.0398. The Hall–Kier alpha value is -2.91. The summed E-state index contributed by atoms with van der Waals surface area (Å²) in [6.07, 6.45) is 1.67. The van der Waals surface area contributed by atoms with Crippen molar-refractivity contribution in [2.45, 2.75) is 46.1 Å². The van der Waals surface area contributed by atoms with Crippen LogP contribution in [0, 0.1) is 0 Å². The fourth-order valence-electron chi connectivity index (χ4n) is 5.23. The van der Waals surface area contributed by atoms with Crippen molar-refractivity contribution < 1.29 is 0 Å². The van der Waals surface area contributed by atoms with Crippen molar-refractivity contribution in [3.05, 3.63) is 70.2 Å². The first kappa shape index (κ1) is 26.7. The third-order valence-electron chi connectivity index (χ3n) is 7.13. The summed E-state index contributed by atoms with van der Waals surface area (Å²) in [5.41, 5.74) is 4.61. The molecule has 38 heavy (non-hydrogen) atoms. The van der Waals surface area contributed by atoms with E-state index in [2.05, 4.69) is 78.9 Å². The van der Waals surface area contributed by atoms with E-state index >= 15 is 0 Å². The Balaban J connectivity index is 1.46. The van der Waals surface area contributed by atoms with Crippen molar-refractivity contribution in [2.24, 2.45) is 0 Å². The molecule has 0 bridgehead atoms. The number of aromatic nitrogens is 2. The molecule has 5 rings (SSSR count). The number of anilines is 2. The molecule has 3 heterocycles. The summed E-state index contributed by atoms with van der Waals surface area (Å²) in [6.45, 7) is 10.9. The maximum Gasteiger partial charge on any atom is 0.275 e. The van der Waals surface area contributed by atoms with E-state index in [1.54, 1.807) is 10.9 Å². The fraction of sp³-hybridized carbons (Fsp3) is 0.379. The van der Waals surface area contributed by atoms with Gasteiger partial charge in [-0.2, -0.15) is 0 Å². The second kappa shape index (κ2) is 10.7. The van der Waals surface area contributed by atoms with Crippen LogP contribution in [-0.2, 0) is 0 Å². The average Bonchev–Trinajstić information content (AvgIpc) is 3.47. The molecular weight excluding hydrogens is 516 g/mol. The molecule has 0 spiro atoms. The summed E-state index contributed by atoms with van der Waals surface area (Å²) in [6, 6.07) is 16.8. The van der Waals surface area contributed by atoms with Crippen molar-refractivity contribution in [1.29, 1.82) is 0 Å². The molecule has 7 nitrogen and oxygen atoms in total. The van der Waals surface area contributed by atoms with Crippen LogP contribution in [0.3, 0.4) is 0 Å². The van der Waals surface area contributed by atoms with Crippen LogP contribution in [0.1, 0.15) is 27.7 Å². The molecular formula is C29H35ClN6OS. The van der Waals surface area contributed by atoms with Gasteiger partial charge in [-0.25, -0.2) is 4.98 Å². The van der Waals surface area contributed by atoms with E-state index in [1.807, 2.05) is 36.4 Å². The van der Waals surface area contributed by atoms with Crippen LogP contribution < -0.4 is 15.8 Å². The van der Waals surface area contributed by atoms with Crippen LogP contribution in [0.25, 0.3) is 26.3 Å². The maximum atomic E-state index is 13.5. The van der Waals surface area contributed by atoms with Gasteiger partial charge in [-0.3, -0.25) is 19.2 Å². The van der Waals surface area contributed by atoms with Gasteiger partial charge in [-0.15, -0.1) is 11.3 Å². The molecule has 1 unspecified atom stereocenters. The summed E-state index contributed by atoms with van der Waals surface area (Å²) >= 11 is 7.51. The van der Waals surface area contributed by atoms with Crippen molar-refractivity contribution in [3.63, 3.8) is 0 Å². The van der Waals surface area contributed by atoms with Gasteiger partial charge in [-0.05, 0) is 83.8 Å². The quantitative estimate of drug-likeness (QED) is 0.292. The van der Waals surface area contributed by atoms with Crippen LogP contribution in [-0.4, -0.2) is 64.9 Å². The van der Waals surface area contributed by atoms with Gasteiger partial charge in [0, 0.05) is 35.1 Å². The van der Waals surface area contributed by atoms with E-state index in [-0.39, 0.29) is 11.8 Å². The number of benzene rings is 2. The highest BCUT2D eigenvalue weighted by Gasteiger charge is 2.31. The van der Waals surface area contributed by atoms with E-state index in [1.165, 1.54) is 11.3 Å². The smallest absolute Gasteiger partial charge is 0.275 e. The Labute approximate surface area is 233 Å². The summed E-state index contributed by atoms with van der Waals surface area (Å²) in [7, 11) is 4.16. The van der Waals surface area contributed by atoms with Gasteiger partial charge in [0.2, 0.25) is 0 Å². The fourth-order valence-corrected chi connectivity index (χ4v) is 6.40. The van der Waals surface area contributed by atoms with E-state index < -0.39 is 0 Å². The molecule has 1 N–H and O–H groups in total. The zero-order valence-electron chi connectivity index (χ0n) is 22.8. The second-order valence-electron chi connectivity index (χ2n) is 10.6. The highest BCUT2D eigenvalue weighted by atomic mass is 35.5. The zero-order chi connectivity index (χ0) is 27.1. The number of hydrogen-bond donors (Lipinski definition) is 1. The topological polar surface area (TPSA) is 56.6 Å².